The molecule has 4 rings (SSSR count). The Bertz CT molecular complexity index is 854. The maximum absolute atomic E-state index is 12.7. The second-order valence-electron chi connectivity index (χ2n) is 7.88. The number of carbonyl (C=O) groups is 1. The Hall–Kier alpha value is -2.14. The van der Waals surface area contributed by atoms with Gasteiger partial charge in [0.25, 0.3) is 0 Å². The number of amides is 1. The summed E-state index contributed by atoms with van der Waals surface area (Å²) in [7, 11) is 0. The average Bonchev–Trinajstić information content (AvgIpc) is 3.25. The zero-order chi connectivity index (χ0) is 19.7. The fourth-order valence-electron chi connectivity index (χ4n) is 4.22. The lowest BCUT2D eigenvalue weighted by molar-refractivity contribution is -0.135. The highest BCUT2D eigenvalue weighted by molar-refractivity contribution is 6.30. The van der Waals surface area contributed by atoms with Crippen LogP contribution in [0.4, 0.5) is 5.82 Å². The minimum atomic E-state index is 0.256. The first-order valence-corrected chi connectivity index (χ1v) is 10.6. The Kier molecular flexibility index (Phi) is 5.54. The van der Waals surface area contributed by atoms with Crippen LogP contribution in [0.5, 0.6) is 0 Å². The third-order valence-electron chi connectivity index (χ3n) is 6.06. The van der Waals surface area contributed by atoms with E-state index in [1.165, 1.54) is 12.8 Å². The fraction of sp³-hybridized carbons (Fsp3) is 0.500. The van der Waals surface area contributed by atoms with Crippen molar-refractivity contribution in [2.75, 3.05) is 31.1 Å². The van der Waals surface area contributed by atoms with Crippen molar-refractivity contribution in [3.05, 3.63) is 40.5 Å². The molecule has 28 heavy (non-hydrogen) atoms. The SMILES string of the molecule is Cc1nc(-c2ccc(Cl)cc2)nc(N2CCN(C(=O)C3CCCC3)CC2)c1C. The van der Waals surface area contributed by atoms with Crippen LogP contribution in [-0.2, 0) is 4.79 Å². The largest absolute Gasteiger partial charge is 0.353 e. The van der Waals surface area contributed by atoms with Crippen molar-refractivity contribution in [1.29, 1.82) is 0 Å². The lowest BCUT2D eigenvalue weighted by atomic mass is 10.1. The van der Waals surface area contributed by atoms with E-state index in [0.717, 1.165) is 67.5 Å². The summed E-state index contributed by atoms with van der Waals surface area (Å²) in [4.78, 5) is 26.6. The minimum Gasteiger partial charge on any atom is -0.353 e. The number of anilines is 1. The molecule has 1 saturated carbocycles. The number of hydrogen-bond acceptors (Lipinski definition) is 4. The highest BCUT2D eigenvalue weighted by Gasteiger charge is 2.30. The van der Waals surface area contributed by atoms with Crippen LogP contribution in [0.1, 0.15) is 36.9 Å². The standard InChI is InChI=1S/C22H27ClN4O/c1-15-16(2)24-20(17-7-9-19(23)10-8-17)25-21(15)26-11-13-27(14-12-26)22(28)18-5-3-4-6-18/h7-10,18H,3-6,11-14H2,1-2H3. The molecule has 1 aliphatic heterocycles. The van der Waals surface area contributed by atoms with E-state index in [0.29, 0.717) is 10.9 Å². The summed E-state index contributed by atoms with van der Waals surface area (Å²) >= 11 is 6.01. The monoisotopic (exact) mass is 398 g/mol. The van der Waals surface area contributed by atoms with Gasteiger partial charge in [0.05, 0.1) is 0 Å². The Balaban J connectivity index is 1.51. The predicted octanol–water partition coefficient (Wildman–Crippen LogP) is 4.25. The normalized spacial score (nSPS) is 18.0. The molecule has 0 bridgehead atoms. The molecule has 2 heterocycles. The van der Waals surface area contributed by atoms with Crippen LogP contribution in [0.2, 0.25) is 5.02 Å². The van der Waals surface area contributed by atoms with E-state index in [2.05, 4.69) is 21.7 Å². The van der Waals surface area contributed by atoms with Crippen molar-refractivity contribution in [2.24, 2.45) is 5.92 Å². The van der Waals surface area contributed by atoms with E-state index in [4.69, 9.17) is 16.6 Å². The summed E-state index contributed by atoms with van der Waals surface area (Å²) in [6.07, 6.45) is 4.52. The van der Waals surface area contributed by atoms with Crippen LogP contribution in [0.3, 0.4) is 0 Å². The third-order valence-corrected chi connectivity index (χ3v) is 6.31. The summed E-state index contributed by atoms with van der Waals surface area (Å²) in [6, 6.07) is 7.63. The number of piperazine rings is 1. The van der Waals surface area contributed by atoms with E-state index in [-0.39, 0.29) is 5.92 Å². The van der Waals surface area contributed by atoms with Crippen LogP contribution in [0.25, 0.3) is 11.4 Å². The molecular weight excluding hydrogens is 372 g/mol. The molecule has 0 atom stereocenters. The zero-order valence-electron chi connectivity index (χ0n) is 16.6. The second-order valence-corrected chi connectivity index (χ2v) is 8.32. The molecule has 1 aromatic carbocycles. The number of rotatable bonds is 3. The molecule has 148 valence electrons. The van der Waals surface area contributed by atoms with Gasteiger partial charge in [0.2, 0.25) is 5.91 Å². The topological polar surface area (TPSA) is 49.3 Å². The number of carbonyl (C=O) groups excluding carboxylic acids is 1. The van der Waals surface area contributed by atoms with Gasteiger partial charge in [-0.15, -0.1) is 0 Å². The van der Waals surface area contributed by atoms with Gasteiger partial charge in [-0.3, -0.25) is 4.79 Å². The number of aryl methyl sites for hydroxylation is 1. The van der Waals surface area contributed by atoms with E-state index >= 15 is 0 Å². The van der Waals surface area contributed by atoms with Gasteiger partial charge in [-0.1, -0.05) is 24.4 Å². The highest BCUT2D eigenvalue weighted by Crippen LogP contribution is 2.29. The molecule has 0 spiro atoms. The van der Waals surface area contributed by atoms with Gasteiger partial charge in [0.1, 0.15) is 5.82 Å². The first kappa shape index (κ1) is 19.2. The van der Waals surface area contributed by atoms with Gasteiger partial charge in [0, 0.05) is 53.9 Å². The lowest BCUT2D eigenvalue weighted by Gasteiger charge is -2.37. The molecule has 0 radical (unpaired) electrons. The van der Waals surface area contributed by atoms with E-state index in [9.17, 15) is 4.79 Å². The Labute approximate surface area is 171 Å². The number of aromatic nitrogens is 2. The summed E-state index contributed by atoms with van der Waals surface area (Å²) in [6.45, 7) is 7.28. The van der Waals surface area contributed by atoms with Crippen LogP contribution in [-0.4, -0.2) is 47.0 Å². The molecule has 0 unspecified atom stereocenters. The molecule has 1 saturated heterocycles. The predicted molar refractivity (Wildman–Crippen MR) is 113 cm³/mol. The van der Waals surface area contributed by atoms with Gasteiger partial charge >= 0.3 is 0 Å². The van der Waals surface area contributed by atoms with E-state index in [1.54, 1.807) is 0 Å². The number of halogens is 1. The summed E-state index contributed by atoms with van der Waals surface area (Å²) in [5.41, 5.74) is 3.05. The van der Waals surface area contributed by atoms with Crippen molar-refractivity contribution >= 4 is 23.3 Å². The number of nitrogens with zero attached hydrogens (tertiary/aromatic N) is 4. The molecule has 0 N–H and O–H groups in total. The first-order valence-electron chi connectivity index (χ1n) is 10.2. The zero-order valence-corrected chi connectivity index (χ0v) is 17.4. The molecule has 2 aromatic rings. The maximum atomic E-state index is 12.7. The second kappa shape index (κ2) is 8.08. The number of benzene rings is 1. The van der Waals surface area contributed by atoms with Crippen LogP contribution < -0.4 is 4.90 Å². The highest BCUT2D eigenvalue weighted by atomic mass is 35.5. The van der Waals surface area contributed by atoms with Gasteiger partial charge in [-0.25, -0.2) is 9.97 Å². The van der Waals surface area contributed by atoms with Crippen LogP contribution >= 0.6 is 11.6 Å². The van der Waals surface area contributed by atoms with Crippen molar-refractivity contribution in [3.63, 3.8) is 0 Å². The van der Waals surface area contributed by atoms with Crippen molar-refractivity contribution in [2.45, 2.75) is 39.5 Å². The average molecular weight is 399 g/mol. The molecular formula is C22H27ClN4O. The molecule has 5 nitrogen and oxygen atoms in total. The van der Waals surface area contributed by atoms with Gasteiger partial charge in [-0.05, 0) is 51.0 Å². The van der Waals surface area contributed by atoms with Crippen molar-refractivity contribution < 1.29 is 4.79 Å². The molecule has 1 aromatic heterocycles. The number of hydrogen-bond donors (Lipinski definition) is 0. The minimum absolute atomic E-state index is 0.256. The van der Waals surface area contributed by atoms with Crippen LogP contribution in [0.15, 0.2) is 24.3 Å². The molecule has 2 fully saturated rings. The summed E-state index contributed by atoms with van der Waals surface area (Å²) in [5, 5.41) is 0.704. The molecule has 6 heteroatoms. The van der Waals surface area contributed by atoms with Gasteiger partial charge in [0.15, 0.2) is 5.82 Å². The van der Waals surface area contributed by atoms with E-state index < -0.39 is 0 Å². The smallest absolute Gasteiger partial charge is 0.225 e. The van der Waals surface area contributed by atoms with Crippen molar-refractivity contribution in [1.82, 2.24) is 14.9 Å². The lowest BCUT2D eigenvalue weighted by Crippen LogP contribution is -2.50. The Morgan fingerprint density at radius 3 is 2.29 bits per heavy atom. The first-order chi connectivity index (χ1) is 13.5. The van der Waals surface area contributed by atoms with Crippen molar-refractivity contribution in [3.8, 4) is 11.4 Å². The van der Waals surface area contributed by atoms with Crippen LogP contribution in [0, 0.1) is 19.8 Å². The molecule has 2 aliphatic rings. The van der Waals surface area contributed by atoms with Gasteiger partial charge < -0.3 is 9.80 Å². The third kappa shape index (κ3) is 3.86. The summed E-state index contributed by atoms with van der Waals surface area (Å²) < 4.78 is 0. The Morgan fingerprint density at radius 1 is 1.00 bits per heavy atom. The Morgan fingerprint density at radius 2 is 1.64 bits per heavy atom. The maximum Gasteiger partial charge on any atom is 0.225 e. The quantitative estimate of drug-likeness (QED) is 0.775. The van der Waals surface area contributed by atoms with E-state index in [1.807, 2.05) is 31.2 Å². The molecule has 1 amide bonds. The summed E-state index contributed by atoms with van der Waals surface area (Å²) in [5.74, 6) is 2.31. The fourth-order valence-corrected chi connectivity index (χ4v) is 4.35. The van der Waals surface area contributed by atoms with Gasteiger partial charge in [-0.2, -0.15) is 0 Å². The molecule has 1 aliphatic carbocycles.